The lowest BCUT2D eigenvalue weighted by molar-refractivity contribution is -0.925. The number of aryl methyl sites for hydroxylation is 2. The zero-order valence-corrected chi connectivity index (χ0v) is 16.9. The molecule has 4 heteroatoms. The van der Waals surface area contributed by atoms with E-state index in [9.17, 15) is 4.79 Å². The van der Waals surface area contributed by atoms with E-state index in [1.807, 2.05) is 27.9 Å². The van der Waals surface area contributed by atoms with Gasteiger partial charge in [-0.05, 0) is 44.0 Å². The van der Waals surface area contributed by atoms with Crippen LogP contribution in [0.4, 0.5) is 5.69 Å². The third-order valence-corrected chi connectivity index (χ3v) is 5.36. The molecule has 1 N–H and O–H groups in total. The van der Waals surface area contributed by atoms with E-state index in [4.69, 9.17) is 4.42 Å². The highest BCUT2D eigenvalue weighted by Gasteiger charge is 2.15. The van der Waals surface area contributed by atoms with Crippen molar-refractivity contribution in [2.75, 3.05) is 25.5 Å². The molecule has 3 aromatic rings. The number of hydrogen-bond donors (Lipinski definition) is 1. The van der Waals surface area contributed by atoms with Gasteiger partial charge in [-0.15, -0.1) is 0 Å². The van der Waals surface area contributed by atoms with Gasteiger partial charge >= 0.3 is 5.63 Å². The highest BCUT2D eigenvalue weighted by Crippen LogP contribution is 2.22. The van der Waals surface area contributed by atoms with Crippen LogP contribution in [0.15, 0.2) is 51.7 Å². The van der Waals surface area contributed by atoms with Gasteiger partial charge in [-0.2, -0.15) is 0 Å². The average Bonchev–Trinajstić information content (AvgIpc) is 2.65. The molecular weight excluding hydrogens is 336 g/mol. The van der Waals surface area contributed by atoms with Crippen molar-refractivity contribution in [3.63, 3.8) is 0 Å². The number of fused-ring (bicyclic) bond motifs is 1. The van der Waals surface area contributed by atoms with E-state index in [-0.39, 0.29) is 5.63 Å². The molecule has 0 amide bonds. The van der Waals surface area contributed by atoms with Crippen LogP contribution in [0.2, 0.25) is 0 Å². The van der Waals surface area contributed by atoms with Gasteiger partial charge in [-0.25, -0.2) is 4.79 Å². The summed E-state index contributed by atoms with van der Waals surface area (Å²) in [6.07, 6.45) is 0. The Morgan fingerprint density at radius 3 is 2.33 bits per heavy atom. The smallest absolute Gasteiger partial charge is 0.336 e. The number of quaternary nitrogens is 1. The monoisotopic (exact) mass is 365 g/mol. The Morgan fingerprint density at radius 1 is 1.00 bits per heavy atom. The predicted molar refractivity (Wildman–Crippen MR) is 112 cm³/mol. The van der Waals surface area contributed by atoms with E-state index in [0.29, 0.717) is 0 Å². The van der Waals surface area contributed by atoms with Gasteiger partial charge in [0, 0.05) is 42.4 Å². The lowest BCUT2D eigenvalue weighted by atomic mass is 10.0. The molecule has 1 atom stereocenters. The number of nitrogens with zero attached hydrogens (tertiary/aromatic N) is 1. The maximum atomic E-state index is 12.1. The van der Waals surface area contributed by atoms with Crippen molar-refractivity contribution in [2.24, 2.45) is 0 Å². The molecule has 4 nitrogen and oxygen atoms in total. The summed E-state index contributed by atoms with van der Waals surface area (Å²) in [5.41, 5.74) is 6.21. The molecule has 0 aliphatic rings. The second-order valence-electron chi connectivity index (χ2n) is 7.49. The van der Waals surface area contributed by atoms with Gasteiger partial charge in [-0.3, -0.25) is 0 Å². The van der Waals surface area contributed by atoms with Crippen LogP contribution in [-0.4, -0.2) is 20.6 Å². The predicted octanol–water partition coefficient (Wildman–Crippen LogP) is 3.08. The van der Waals surface area contributed by atoms with E-state index >= 15 is 0 Å². The molecule has 0 saturated heterocycles. The van der Waals surface area contributed by atoms with Crippen LogP contribution in [0, 0.1) is 13.8 Å². The number of nitrogens with one attached hydrogen (secondary N) is 1. The van der Waals surface area contributed by atoms with Crippen LogP contribution in [-0.2, 0) is 13.1 Å². The van der Waals surface area contributed by atoms with E-state index < -0.39 is 0 Å². The molecule has 1 heterocycles. The van der Waals surface area contributed by atoms with E-state index in [1.165, 1.54) is 16.2 Å². The largest absolute Gasteiger partial charge is 0.422 e. The fourth-order valence-electron chi connectivity index (χ4n) is 3.45. The maximum absolute atomic E-state index is 12.1. The van der Waals surface area contributed by atoms with Gasteiger partial charge < -0.3 is 14.2 Å². The third kappa shape index (κ3) is 4.22. The van der Waals surface area contributed by atoms with Gasteiger partial charge in [0.1, 0.15) is 18.7 Å². The Bertz CT molecular complexity index is 988. The summed E-state index contributed by atoms with van der Waals surface area (Å²) < 4.78 is 5.51. The minimum absolute atomic E-state index is 0.267. The van der Waals surface area contributed by atoms with Crippen LogP contribution < -0.4 is 15.4 Å². The van der Waals surface area contributed by atoms with Crippen molar-refractivity contribution >= 4 is 16.7 Å². The molecule has 0 spiro atoms. The molecule has 1 unspecified atom stereocenters. The second-order valence-corrected chi connectivity index (χ2v) is 7.49. The van der Waals surface area contributed by atoms with Crippen molar-refractivity contribution in [1.29, 1.82) is 0 Å². The molecule has 2 aromatic carbocycles. The number of hydrogen-bond acceptors (Lipinski definition) is 3. The van der Waals surface area contributed by atoms with Gasteiger partial charge in [0.25, 0.3) is 0 Å². The van der Waals surface area contributed by atoms with Crippen molar-refractivity contribution in [3.8, 4) is 0 Å². The maximum Gasteiger partial charge on any atom is 0.336 e. The Morgan fingerprint density at radius 2 is 1.70 bits per heavy atom. The first kappa shape index (κ1) is 19.2. The summed E-state index contributed by atoms with van der Waals surface area (Å²) in [7, 11) is 4.10. The summed E-state index contributed by atoms with van der Waals surface area (Å²) in [6, 6.07) is 14.5. The van der Waals surface area contributed by atoms with Gasteiger partial charge in [0.2, 0.25) is 0 Å². The van der Waals surface area contributed by atoms with Gasteiger partial charge in [0.15, 0.2) is 0 Å². The average molecular weight is 365 g/mol. The van der Waals surface area contributed by atoms with Crippen molar-refractivity contribution in [2.45, 2.75) is 33.9 Å². The van der Waals surface area contributed by atoms with E-state index in [2.05, 4.69) is 48.2 Å². The molecule has 0 bridgehead atoms. The number of rotatable bonds is 6. The first-order valence-electron chi connectivity index (χ1n) is 9.51. The Labute approximate surface area is 161 Å². The van der Waals surface area contributed by atoms with Crippen LogP contribution in [0.25, 0.3) is 11.0 Å². The summed E-state index contributed by atoms with van der Waals surface area (Å²) in [5, 5.41) is 1.05. The molecule has 0 saturated carbocycles. The molecule has 3 rings (SSSR count). The molecule has 0 radical (unpaired) electrons. The van der Waals surface area contributed by atoms with E-state index in [0.717, 1.165) is 47.3 Å². The minimum Gasteiger partial charge on any atom is -0.422 e. The van der Waals surface area contributed by atoms with Gasteiger partial charge in [-0.1, -0.05) is 24.3 Å². The first-order valence-corrected chi connectivity index (χ1v) is 9.51. The molecule has 1 aromatic heterocycles. The molecule has 27 heavy (non-hydrogen) atoms. The number of anilines is 1. The standard InChI is InChI=1S/C23H28N2O2/c1-6-25(14-18-8-10-20(11-9-18)24(4)5)15-19-13-22(26)27-23-17(3)16(2)7-12-21(19)23/h7-13H,6,14-15H2,1-5H3/p+1. The molecular formula is C23H29N2O2+. The fourth-order valence-corrected chi connectivity index (χ4v) is 3.45. The summed E-state index contributed by atoms with van der Waals surface area (Å²) in [6.45, 7) is 8.96. The van der Waals surface area contributed by atoms with Gasteiger partial charge in [0.05, 0.1) is 6.54 Å². The highest BCUT2D eigenvalue weighted by molar-refractivity contribution is 5.83. The Kier molecular flexibility index (Phi) is 5.66. The first-order chi connectivity index (χ1) is 12.9. The summed E-state index contributed by atoms with van der Waals surface area (Å²) >= 11 is 0. The van der Waals surface area contributed by atoms with Crippen molar-refractivity contribution in [3.05, 3.63) is 75.1 Å². The quantitative estimate of drug-likeness (QED) is 0.682. The fraction of sp³-hybridized carbons (Fsp3) is 0.348. The van der Waals surface area contributed by atoms with E-state index in [1.54, 1.807) is 6.07 Å². The highest BCUT2D eigenvalue weighted by atomic mass is 16.4. The summed E-state index contributed by atoms with van der Waals surface area (Å²) in [5.74, 6) is 0. The van der Waals surface area contributed by atoms with Crippen molar-refractivity contribution < 1.29 is 9.32 Å². The Hall–Kier alpha value is -2.59. The lowest BCUT2D eigenvalue weighted by Gasteiger charge is -2.19. The zero-order valence-electron chi connectivity index (χ0n) is 16.9. The third-order valence-electron chi connectivity index (χ3n) is 5.36. The second kappa shape index (κ2) is 7.97. The lowest BCUT2D eigenvalue weighted by Crippen LogP contribution is -3.09. The van der Waals surface area contributed by atoms with Crippen LogP contribution in [0.3, 0.4) is 0 Å². The summed E-state index contributed by atoms with van der Waals surface area (Å²) in [4.78, 5) is 15.6. The molecule has 142 valence electrons. The molecule has 0 fully saturated rings. The normalized spacial score (nSPS) is 12.3. The van der Waals surface area contributed by atoms with Crippen LogP contribution >= 0.6 is 0 Å². The molecule has 0 aliphatic heterocycles. The van der Waals surface area contributed by atoms with Crippen LogP contribution in [0.5, 0.6) is 0 Å². The Balaban J connectivity index is 1.88. The minimum atomic E-state index is -0.267. The topological polar surface area (TPSA) is 37.9 Å². The molecule has 0 aliphatic carbocycles. The SMILES string of the molecule is CC[NH+](Cc1ccc(N(C)C)cc1)Cc1cc(=O)oc2c(C)c(C)ccc12. The zero-order chi connectivity index (χ0) is 19.6. The number of benzene rings is 2. The van der Waals surface area contributed by atoms with Crippen LogP contribution in [0.1, 0.15) is 29.2 Å². The van der Waals surface area contributed by atoms with Crippen molar-refractivity contribution in [1.82, 2.24) is 0 Å².